The first-order valence-corrected chi connectivity index (χ1v) is 6.71. The van der Waals surface area contributed by atoms with Crippen molar-refractivity contribution in [2.45, 2.75) is 39.2 Å². The summed E-state index contributed by atoms with van der Waals surface area (Å²) in [6.45, 7) is 3.52. The number of carboxylic acid groups (broad SMARTS) is 1. The van der Waals surface area contributed by atoms with Gasteiger partial charge in [-0.15, -0.1) is 0 Å². The normalized spacial score (nSPS) is 13.3. The Labute approximate surface area is 117 Å². The lowest BCUT2D eigenvalue weighted by Crippen LogP contribution is -2.38. The fraction of sp³-hybridized carbons (Fsp3) is 0.500. The predicted octanol–water partition coefficient (Wildman–Crippen LogP) is 0.969. The highest BCUT2D eigenvalue weighted by Crippen LogP contribution is 2.28. The van der Waals surface area contributed by atoms with Gasteiger partial charge in [0.05, 0.1) is 5.56 Å². The summed E-state index contributed by atoms with van der Waals surface area (Å²) >= 11 is 0. The Hall–Kier alpha value is -2.11. The summed E-state index contributed by atoms with van der Waals surface area (Å²) in [5, 5.41) is 9.03. The third-order valence-corrected chi connectivity index (χ3v) is 3.50. The Morgan fingerprint density at radius 1 is 1.45 bits per heavy atom. The first-order valence-electron chi connectivity index (χ1n) is 6.71. The molecule has 0 aliphatic heterocycles. The van der Waals surface area contributed by atoms with E-state index in [0.717, 1.165) is 30.5 Å². The van der Waals surface area contributed by atoms with Crippen LogP contribution < -0.4 is 10.6 Å². The summed E-state index contributed by atoms with van der Waals surface area (Å²) in [5.74, 6) is -1.15. The van der Waals surface area contributed by atoms with Gasteiger partial charge in [-0.2, -0.15) is 0 Å². The van der Waals surface area contributed by atoms with Crippen molar-refractivity contribution in [2.75, 3.05) is 11.4 Å². The summed E-state index contributed by atoms with van der Waals surface area (Å²) < 4.78 is 0. The zero-order valence-corrected chi connectivity index (χ0v) is 11.7. The lowest BCUT2D eigenvalue weighted by atomic mass is 10.1. The molecule has 1 aromatic rings. The molecule has 0 saturated heterocycles. The molecule has 0 unspecified atom stereocenters. The van der Waals surface area contributed by atoms with Crippen molar-refractivity contribution >= 4 is 17.7 Å². The second-order valence-electron chi connectivity index (χ2n) is 5.30. The number of anilines is 1. The van der Waals surface area contributed by atoms with E-state index in [4.69, 9.17) is 10.8 Å². The molecule has 6 nitrogen and oxygen atoms in total. The summed E-state index contributed by atoms with van der Waals surface area (Å²) in [6, 6.07) is 1.68. The molecule has 1 heterocycles. The molecule has 108 valence electrons. The van der Waals surface area contributed by atoms with Gasteiger partial charge in [0.25, 0.3) is 5.91 Å². The third kappa shape index (κ3) is 2.74. The van der Waals surface area contributed by atoms with Gasteiger partial charge < -0.3 is 15.7 Å². The standard InChI is InChI=1S/C14H19N3O3/c1-8(2)17(7-12(18)19)14-10(13(15)20)6-9-4-3-5-11(9)16-14/h6,8H,3-5,7H2,1-2H3,(H2,15,20)(H,18,19). The smallest absolute Gasteiger partial charge is 0.323 e. The van der Waals surface area contributed by atoms with Crippen LogP contribution in [0.25, 0.3) is 0 Å². The number of carbonyl (C=O) groups excluding carboxylic acids is 1. The third-order valence-electron chi connectivity index (χ3n) is 3.50. The monoisotopic (exact) mass is 277 g/mol. The molecule has 0 atom stereocenters. The lowest BCUT2D eigenvalue weighted by Gasteiger charge is -2.28. The van der Waals surface area contributed by atoms with Crippen LogP contribution in [-0.2, 0) is 17.6 Å². The van der Waals surface area contributed by atoms with E-state index in [0.29, 0.717) is 11.4 Å². The van der Waals surface area contributed by atoms with Gasteiger partial charge >= 0.3 is 5.97 Å². The Morgan fingerprint density at radius 3 is 2.70 bits per heavy atom. The van der Waals surface area contributed by atoms with Crippen molar-refractivity contribution in [3.8, 4) is 0 Å². The van der Waals surface area contributed by atoms with Gasteiger partial charge in [-0.25, -0.2) is 4.98 Å². The van der Waals surface area contributed by atoms with E-state index in [1.165, 1.54) is 0 Å². The van der Waals surface area contributed by atoms with Crippen LogP contribution in [0.2, 0.25) is 0 Å². The fourth-order valence-corrected chi connectivity index (χ4v) is 2.51. The molecule has 20 heavy (non-hydrogen) atoms. The largest absolute Gasteiger partial charge is 0.480 e. The number of aryl methyl sites for hydroxylation is 2. The molecular formula is C14H19N3O3. The lowest BCUT2D eigenvalue weighted by molar-refractivity contribution is -0.135. The van der Waals surface area contributed by atoms with E-state index in [1.807, 2.05) is 13.8 Å². The Balaban J connectivity index is 2.52. The molecule has 1 aliphatic rings. The number of carbonyl (C=O) groups is 2. The first-order chi connectivity index (χ1) is 9.40. The number of nitrogens with zero attached hydrogens (tertiary/aromatic N) is 2. The van der Waals surface area contributed by atoms with E-state index in [2.05, 4.69) is 4.98 Å². The summed E-state index contributed by atoms with van der Waals surface area (Å²) in [4.78, 5) is 28.8. The van der Waals surface area contributed by atoms with Gasteiger partial charge in [0, 0.05) is 11.7 Å². The SMILES string of the molecule is CC(C)N(CC(=O)O)c1nc2c(cc1C(N)=O)CCC2. The zero-order chi connectivity index (χ0) is 14.9. The minimum absolute atomic E-state index is 0.0869. The first kappa shape index (κ1) is 14.3. The number of carboxylic acids is 1. The van der Waals surface area contributed by atoms with Crippen LogP contribution in [0.5, 0.6) is 0 Å². The number of fused-ring (bicyclic) bond motifs is 1. The topological polar surface area (TPSA) is 96.5 Å². The molecule has 0 bridgehead atoms. The number of amides is 1. The van der Waals surface area contributed by atoms with Crippen LogP contribution in [0.3, 0.4) is 0 Å². The molecule has 0 radical (unpaired) electrons. The van der Waals surface area contributed by atoms with E-state index in [9.17, 15) is 9.59 Å². The molecule has 0 fully saturated rings. The average Bonchev–Trinajstić information content (AvgIpc) is 2.80. The second-order valence-corrected chi connectivity index (χ2v) is 5.30. The maximum absolute atomic E-state index is 11.6. The molecule has 0 saturated carbocycles. The van der Waals surface area contributed by atoms with Gasteiger partial charge in [0.15, 0.2) is 0 Å². The van der Waals surface area contributed by atoms with Gasteiger partial charge in [0.2, 0.25) is 0 Å². The van der Waals surface area contributed by atoms with Crippen molar-refractivity contribution in [3.63, 3.8) is 0 Å². The van der Waals surface area contributed by atoms with E-state index >= 15 is 0 Å². The molecular weight excluding hydrogens is 258 g/mol. The molecule has 6 heteroatoms. The maximum atomic E-state index is 11.6. The van der Waals surface area contributed by atoms with Crippen molar-refractivity contribution in [1.82, 2.24) is 4.98 Å². The summed E-state index contributed by atoms with van der Waals surface area (Å²) in [5.41, 5.74) is 7.72. The van der Waals surface area contributed by atoms with Crippen LogP contribution >= 0.6 is 0 Å². The number of aromatic nitrogens is 1. The zero-order valence-electron chi connectivity index (χ0n) is 11.7. The van der Waals surface area contributed by atoms with E-state index in [-0.39, 0.29) is 12.6 Å². The minimum Gasteiger partial charge on any atom is -0.480 e. The van der Waals surface area contributed by atoms with Crippen LogP contribution in [0.4, 0.5) is 5.82 Å². The van der Waals surface area contributed by atoms with Crippen LogP contribution in [0.15, 0.2) is 6.07 Å². The highest BCUT2D eigenvalue weighted by atomic mass is 16.4. The fourth-order valence-electron chi connectivity index (χ4n) is 2.51. The summed E-state index contributed by atoms with van der Waals surface area (Å²) in [6.07, 6.45) is 2.76. The number of hydrogen-bond donors (Lipinski definition) is 2. The number of primary amides is 1. The van der Waals surface area contributed by atoms with Crippen molar-refractivity contribution in [1.29, 1.82) is 0 Å². The molecule has 2 rings (SSSR count). The number of pyridine rings is 1. The van der Waals surface area contributed by atoms with Crippen molar-refractivity contribution in [3.05, 3.63) is 22.9 Å². The van der Waals surface area contributed by atoms with Gasteiger partial charge in [-0.3, -0.25) is 9.59 Å². The molecule has 0 spiro atoms. The van der Waals surface area contributed by atoms with Gasteiger partial charge in [0.1, 0.15) is 12.4 Å². The minimum atomic E-state index is -0.962. The van der Waals surface area contributed by atoms with Gasteiger partial charge in [-0.05, 0) is 44.7 Å². The maximum Gasteiger partial charge on any atom is 0.323 e. The Bertz CT molecular complexity index is 555. The number of hydrogen-bond acceptors (Lipinski definition) is 4. The molecule has 0 aromatic carbocycles. The quantitative estimate of drug-likeness (QED) is 0.836. The summed E-state index contributed by atoms with van der Waals surface area (Å²) in [7, 11) is 0. The second kappa shape index (κ2) is 5.48. The molecule has 1 aliphatic carbocycles. The van der Waals surface area contributed by atoms with Crippen molar-refractivity contribution < 1.29 is 14.7 Å². The molecule has 3 N–H and O–H groups in total. The predicted molar refractivity (Wildman–Crippen MR) is 74.9 cm³/mol. The highest BCUT2D eigenvalue weighted by molar-refractivity contribution is 5.98. The van der Waals surface area contributed by atoms with Crippen LogP contribution in [-0.4, -0.2) is 34.6 Å². The Morgan fingerprint density at radius 2 is 2.15 bits per heavy atom. The van der Waals surface area contributed by atoms with Gasteiger partial charge in [-0.1, -0.05) is 0 Å². The van der Waals surface area contributed by atoms with Crippen LogP contribution in [0, 0.1) is 0 Å². The Kier molecular flexibility index (Phi) is 3.92. The highest BCUT2D eigenvalue weighted by Gasteiger charge is 2.25. The van der Waals surface area contributed by atoms with Crippen molar-refractivity contribution in [2.24, 2.45) is 5.73 Å². The van der Waals surface area contributed by atoms with Crippen LogP contribution in [0.1, 0.15) is 41.9 Å². The number of aliphatic carboxylic acids is 1. The molecule has 1 amide bonds. The van der Waals surface area contributed by atoms with E-state index in [1.54, 1.807) is 11.0 Å². The number of rotatable bonds is 5. The van der Waals surface area contributed by atoms with E-state index < -0.39 is 11.9 Å². The molecule has 1 aromatic heterocycles. The number of nitrogens with two attached hydrogens (primary N) is 1. The average molecular weight is 277 g/mol.